The molecule has 0 radical (unpaired) electrons. The van der Waals surface area contributed by atoms with Crippen molar-refractivity contribution in [1.82, 2.24) is 14.2 Å². The van der Waals surface area contributed by atoms with Crippen LogP contribution in [0.4, 0.5) is 5.13 Å². The van der Waals surface area contributed by atoms with Crippen molar-refractivity contribution in [2.75, 3.05) is 45.2 Å². The Kier molecular flexibility index (Phi) is 9.63. The topological polar surface area (TPSA) is 73.8 Å². The van der Waals surface area contributed by atoms with Crippen LogP contribution in [-0.2, 0) is 10.0 Å². The van der Waals surface area contributed by atoms with E-state index >= 15 is 0 Å². The van der Waals surface area contributed by atoms with E-state index in [4.69, 9.17) is 4.98 Å². The second kappa shape index (κ2) is 12.3. The minimum absolute atomic E-state index is 0.176. The summed E-state index contributed by atoms with van der Waals surface area (Å²) in [6.07, 6.45) is 2.53. The number of amides is 1. The highest BCUT2D eigenvalue weighted by molar-refractivity contribution is 7.89. The van der Waals surface area contributed by atoms with Crippen LogP contribution in [0.5, 0.6) is 0 Å². The minimum Gasteiger partial charge on any atom is -0.309 e. The molecule has 3 aromatic rings. The number of thiazole rings is 1. The molecule has 0 bridgehead atoms. The molecular formula is C27H38N4O3S2. The van der Waals surface area contributed by atoms with Crippen LogP contribution in [0, 0.1) is 13.8 Å². The van der Waals surface area contributed by atoms with E-state index in [2.05, 4.69) is 30.9 Å². The Bertz CT molecular complexity index is 1280. The van der Waals surface area contributed by atoms with Gasteiger partial charge < -0.3 is 4.90 Å². The first-order valence-electron chi connectivity index (χ1n) is 12.5. The van der Waals surface area contributed by atoms with Gasteiger partial charge in [-0.2, -0.15) is 4.31 Å². The molecule has 1 heterocycles. The number of nitrogens with zero attached hydrogens (tertiary/aromatic N) is 4. The number of benzene rings is 2. The molecule has 9 heteroatoms. The molecule has 2 aromatic carbocycles. The van der Waals surface area contributed by atoms with Crippen molar-refractivity contribution in [3.05, 3.63) is 53.1 Å². The monoisotopic (exact) mass is 530 g/mol. The van der Waals surface area contributed by atoms with Gasteiger partial charge in [-0.1, -0.05) is 37.7 Å². The Morgan fingerprint density at radius 2 is 1.64 bits per heavy atom. The van der Waals surface area contributed by atoms with Crippen LogP contribution in [0.3, 0.4) is 0 Å². The first-order chi connectivity index (χ1) is 17.1. The maximum absolute atomic E-state index is 13.7. The van der Waals surface area contributed by atoms with Crippen LogP contribution < -0.4 is 4.90 Å². The molecule has 1 amide bonds. The highest BCUT2D eigenvalue weighted by atomic mass is 32.2. The number of anilines is 1. The maximum Gasteiger partial charge on any atom is 0.260 e. The van der Waals surface area contributed by atoms with Crippen LogP contribution in [0.2, 0.25) is 0 Å². The van der Waals surface area contributed by atoms with Crippen molar-refractivity contribution >= 4 is 42.6 Å². The first-order valence-corrected chi connectivity index (χ1v) is 14.8. The average Bonchev–Trinajstić information content (AvgIpc) is 3.29. The molecule has 0 aliphatic carbocycles. The number of unbranched alkanes of at least 4 members (excludes halogenated alkanes) is 1. The molecule has 0 saturated heterocycles. The molecule has 0 spiro atoms. The third kappa shape index (κ3) is 6.32. The van der Waals surface area contributed by atoms with Crippen molar-refractivity contribution in [2.45, 2.75) is 51.9 Å². The zero-order valence-electron chi connectivity index (χ0n) is 22.2. The number of carbonyl (C=O) groups is 1. The summed E-state index contributed by atoms with van der Waals surface area (Å²) in [4.78, 5) is 22.5. The number of carbonyl (C=O) groups excluding carboxylic acids is 1. The number of aryl methyl sites for hydroxylation is 2. The van der Waals surface area contributed by atoms with E-state index in [9.17, 15) is 13.2 Å². The second-order valence-corrected chi connectivity index (χ2v) is 12.3. The van der Waals surface area contributed by atoms with E-state index in [1.54, 1.807) is 29.2 Å². The smallest absolute Gasteiger partial charge is 0.260 e. The van der Waals surface area contributed by atoms with E-state index in [1.807, 2.05) is 27.9 Å². The van der Waals surface area contributed by atoms with Gasteiger partial charge in [0.15, 0.2) is 5.13 Å². The van der Waals surface area contributed by atoms with Gasteiger partial charge >= 0.3 is 0 Å². The highest BCUT2D eigenvalue weighted by Crippen LogP contribution is 2.33. The molecule has 0 aliphatic rings. The van der Waals surface area contributed by atoms with Crippen molar-refractivity contribution in [3.8, 4) is 0 Å². The Morgan fingerprint density at radius 3 is 2.25 bits per heavy atom. The number of hydrogen-bond acceptors (Lipinski definition) is 6. The molecule has 3 rings (SSSR count). The van der Waals surface area contributed by atoms with E-state index in [0.29, 0.717) is 30.3 Å². The van der Waals surface area contributed by atoms with E-state index < -0.39 is 10.0 Å². The Labute approximate surface area is 219 Å². The molecule has 7 nitrogen and oxygen atoms in total. The zero-order valence-corrected chi connectivity index (χ0v) is 23.9. The molecule has 0 saturated carbocycles. The molecule has 1 aromatic heterocycles. The normalized spacial score (nSPS) is 12.1. The number of sulfonamides is 1. The summed E-state index contributed by atoms with van der Waals surface area (Å²) in [6.45, 7) is 10.3. The van der Waals surface area contributed by atoms with Crippen LogP contribution in [-0.4, -0.2) is 68.8 Å². The number of hydrogen-bond donors (Lipinski definition) is 0. The summed E-state index contributed by atoms with van der Waals surface area (Å²) in [5.74, 6) is -0.176. The lowest BCUT2D eigenvalue weighted by Crippen LogP contribution is -2.34. The van der Waals surface area contributed by atoms with Crippen molar-refractivity contribution in [2.24, 2.45) is 0 Å². The fourth-order valence-corrected chi connectivity index (χ4v) is 6.55. The Hall–Kier alpha value is -2.33. The number of aromatic nitrogens is 1. The van der Waals surface area contributed by atoms with E-state index in [1.165, 1.54) is 21.2 Å². The fourth-order valence-electron chi connectivity index (χ4n) is 4.02. The maximum atomic E-state index is 13.7. The van der Waals surface area contributed by atoms with Crippen molar-refractivity contribution < 1.29 is 13.2 Å². The van der Waals surface area contributed by atoms with Crippen LogP contribution in [0.1, 0.15) is 54.6 Å². The number of rotatable bonds is 12. The minimum atomic E-state index is -3.60. The van der Waals surface area contributed by atoms with Gasteiger partial charge in [-0.05, 0) is 88.8 Å². The molecule has 0 unspecified atom stereocenters. The summed E-state index contributed by atoms with van der Waals surface area (Å²) in [5.41, 5.74) is 3.66. The molecular weight excluding hydrogens is 492 g/mol. The summed E-state index contributed by atoms with van der Waals surface area (Å²) in [5, 5.41) is 0.663. The van der Waals surface area contributed by atoms with Gasteiger partial charge in [0, 0.05) is 25.2 Å². The Balaban J connectivity index is 1.92. The van der Waals surface area contributed by atoms with Crippen LogP contribution in [0.15, 0.2) is 41.3 Å². The predicted octanol–water partition coefficient (Wildman–Crippen LogP) is 5.32. The average molecular weight is 531 g/mol. The zero-order chi connectivity index (χ0) is 26.5. The van der Waals surface area contributed by atoms with Crippen LogP contribution in [0.25, 0.3) is 10.2 Å². The predicted molar refractivity (Wildman–Crippen MR) is 150 cm³/mol. The second-order valence-electron chi connectivity index (χ2n) is 9.34. The van der Waals surface area contributed by atoms with Gasteiger partial charge in [0.2, 0.25) is 10.0 Å². The summed E-state index contributed by atoms with van der Waals surface area (Å²) >= 11 is 1.51. The molecule has 0 N–H and O–H groups in total. The van der Waals surface area contributed by atoms with Gasteiger partial charge in [-0.15, -0.1) is 0 Å². The van der Waals surface area contributed by atoms with E-state index in [-0.39, 0.29) is 10.8 Å². The molecule has 196 valence electrons. The lowest BCUT2D eigenvalue weighted by atomic mass is 10.1. The highest BCUT2D eigenvalue weighted by Gasteiger charge is 2.25. The number of fused-ring (bicyclic) bond motifs is 1. The fraction of sp³-hybridized carbons (Fsp3) is 0.481. The largest absolute Gasteiger partial charge is 0.309 e. The van der Waals surface area contributed by atoms with Crippen LogP contribution >= 0.6 is 11.3 Å². The third-order valence-corrected chi connectivity index (χ3v) is 9.42. The van der Waals surface area contributed by atoms with Gasteiger partial charge in [-0.25, -0.2) is 13.4 Å². The summed E-state index contributed by atoms with van der Waals surface area (Å²) in [6, 6.07) is 10.5. The van der Waals surface area contributed by atoms with Gasteiger partial charge in [0.1, 0.15) is 0 Å². The first kappa shape index (κ1) is 28.2. The molecule has 36 heavy (non-hydrogen) atoms. The Morgan fingerprint density at radius 1 is 0.944 bits per heavy atom. The van der Waals surface area contributed by atoms with Gasteiger partial charge in [0.25, 0.3) is 5.91 Å². The third-order valence-electron chi connectivity index (χ3n) is 6.39. The van der Waals surface area contributed by atoms with Gasteiger partial charge in [-0.3, -0.25) is 9.69 Å². The lowest BCUT2D eigenvalue weighted by Gasteiger charge is -2.22. The summed E-state index contributed by atoms with van der Waals surface area (Å²) < 4.78 is 28.7. The quantitative estimate of drug-likeness (QED) is 0.317. The lowest BCUT2D eigenvalue weighted by molar-refractivity contribution is 0.0986. The molecule has 0 atom stereocenters. The molecule has 0 aliphatic heterocycles. The van der Waals surface area contributed by atoms with Crippen molar-refractivity contribution in [3.63, 3.8) is 0 Å². The molecule has 0 fully saturated rings. The summed E-state index contributed by atoms with van der Waals surface area (Å²) in [7, 11) is 0.423. The van der Waals surface area contributed by atoms with E-state index in [0.717, 1.165) is 41.6 Å². The standard InChI is InChI=1S/C27H38N4O3S2/c1-7-9-18-30(8-2)36(33,34)23-14-12-22(13-15-23)26(32)31(19-10-17-29(5)6)27-28-25-21(4)20(3)11-16-24(25)35-27/h11-16H,7-10,17-19H2,1-6H3. The SMILES string of the molecule is CCCCN(CC)S(=O)(=O)c1ccc(C(=O)N(CCCN(C)C)c2nc3c(C)c(C)ccc3s2)cc1. The van der Waals surface area contributed by atoms with Crippen molar-refractivity contribution in [1.29, 1.82) is 0 Å². The van der Waals surface area contributed by atoms with Gasteiger partial charge in [0.05, 0.1) is 15.1 Å².